The highest BCUT2D eigenvalue weighted by Gasteiger charge is 1.97. The van der Waals surface area contributed by atoms with E-state index >= 15 is 0 Å². The SMILES string of the molecule is CNc1cc(Oc2ccccc2)ccn1. The fourth-order valence-corrected chi connectivity index (χ4v) is 1.24. The molecule has 76 valence electrons. The molecule has 1 N–H and O–H groups in total. The normalized spacial score (nSPS) is 9.67. The average Bonchev–Trinajstić information content (AvgIpc) is 2.31. The van der Waals surface area contributed by atoms with Gasteiger partial charge in [0.25, 0.3) is 0 Å². The third-order valence-electron chi connectivity index (χ3n) is 1.97. The molecule has 0 radical (unpaired) electrons. The lowest BCUT2D eigenvalue weighted by atomic mass is 10.3. The van der Waals surface area contributed by atoms with Crippen LogP contribution in [0, 0.1) is 0 Å². The van der Waals surface area contributed by atoms with Crippen molar-refractivity contribution in [1.29, 1.82) is 0 Å². The molecular weight excluding hydrogens is 188 g/mol. The van der Waals surface area contributed by atoms with Gasteiger partial charge in [0.1, 0.15) is 17.3 Å². The van der Waals surface area contributed by atoms with Crippen molar-refractivity contribution in [1.82, 2.24) is 4.98 Å². The largest absolute Gasteiger partial charge is 0.457 e. The number of pyridine rings is 1. The number of benzene rings is 1. The highest BCUT2D eigenvalue weighted by atomic mass is 16.5. The first-order valence-corrected chi connectivity index (χ1v) is 4.75. The van der Waals surface area contributed by atoms with Gasteiger partial charge in [-0.25, -0.2) is 4.98 Å². The van der Waals surface area contributed by atoms with Gasteiger partial charge in [0, 0.05) is 19.3 Å². The molecule has 1 aromatic heterocycles. The maximum absolute atomic E-state index is 5.64. The van der Waals surface area contributed by atoms with Crippen LogP contribution < -0.4 is 10.1 Å². The predicted molar refractivity (Wildman–Crippen MR) is 60.3 cm³/mol. The van der Waals surface area contributed by atoms with Crippen LogP contribution in [0.2, 0.25) is 0 Å². The molecule has 2 aromatic rings. The second kappa shape index (κ2) is 4.46. The molecular formula is C12H12N2O. The molecule has 1 heterocycles. The fraction of sp³-hybridized carbons (Fsp3) is 0.0833. The average molecular weight is 200 g/mol. The van der Waals surface area contributed by atoms with Crippen molar-refractivity contribution in [3.63, 3.8) is 0 Å². The van der Waals surface area contributed by atoms with Gasteiger partial charge in [-0.1, -0.05) is 18.2 Å². The van der Waals surface area contributed by atoms with E-state index < -0.39 is 0 Å². The molecule has 2 rings (SSSR count). The van der Waals surface area contributed by atoms with Crippen molar-refractivity contribution >= 4 is 5.82 Å². The zero-order chi connectivity index (χ0) is 10.5. The minimum Gasteiger partial charge on any atom is -0.457 e. The van der Waals surface area contributed by atoms with Gasteiger partial charge in [-0.2, -0.15) is 0 Å². The summed E-state index contributed by atoms with van der Waals surface area (Å²) in [5, 5.41) is 2.96. The Bertz CT molecular complexity index is 429. The Morgan fingerprint density at radius 1 is 1.07 bits per heavy atom. The highest BCUT2D eigenvalue weighted by Crippen LogP contribution is 2.21. The number of ether oxygens (including phenoxy) is 1. The molecule has 0 aliphatic heterocycles. The molecule has 0 spiro atoms. The first-order chi connectivity index (χ1) is 7.38. The van der Waals surface area contributed by atoms with Crippen LogP contribution in [0.25, 0.3) is 0 Å². The maximum atomic E-state index is 5.64. The molecule has 0 saturated carbocycles. The lowest BCUT2D eigenvalue weighted by Gasteiger charge is -2.06. The molecule has 0 unspecified atom stereocenters. The van der Waals surface area contributed by atoms with Gasteiger partial charge in [-0.15, -0.1) is 0 Å². The van der Waals surface area contributed by atoms with Gasteiger partial charge in [-0.3, -0.25) is 0 Å². The fourth-order valence-electron chi connectivity index (χ4n) is 1.24. The first-order valence-electron chi connectivity index (χ1n) is 4.75. The summed E-state index contributed by atoms with van der Waals surface area (Å²) in [6.07, 6.45) is 1.71. The highest BCUT2D eigenvalue weighted by molar-refractivity contribution is 5.41. The van der Waals surface area contributed by atoms with E-state index in [1.165, 1.54) is 0 Å². The van der Waals surface area contributed by atoms with Crippen LogP contribution in [-0.4, -0.2) is 12.0 Å². The van der Waals surface area contributed by atoms with E-state index in [1.807, 2.05) is 49.5 Å². The summed E-state index contributed by atoms with van der Waals surface area (Å²) in [6.45, 7) is 0. The van der Waals surface area contributed by atoms with Gasteiger partial charge in [0.2, 0.25) is 0 Å². The number of hydrogen-bond donors (Lipinski definition) is 1. The maximum Gasteiger partial charge on any atom is 0.132 e. The van der Waals surface area contributed by atoms with Gasteiger partial charge in [0.05, 0.1) is 0 Å². The van der Waals surface area contributed by atoms with Crippen LogP contribution in [0.15, 0.2) is 48.7 Å². The molecule has 0 aliphatic rings. The number of para-hydroxylation sites is 1. The number of anilines is 1. The van der Waals surface area contributed by atoms with E-state index in [0.29, 0.717) is 0 Å². The lowest BCUT2D eigenvalue weighted by molar-refractivity contribution is 0.482. The Hall–Kier alpha value is -2.03. The minimum absolute atomic E-state index is 0.778. The number of aromatic nitrogens is 1. The van der Waals surface area contributed by atoms with E-state index in [0.717, 1.165) is 17.3 Å². The Balaban J connectivity index is 2.17. The third-order valence-corrected chi connectivity index (χ3v) is 1.97. The van der Waals surface area contributed by atoms with Crippen molar-refractivity contribution < 1.29 is 4.74 Å². The van der Waals surface area contributed by atoms with Crippen LogP contribution in [-0.2, 0) is 0 Å². The minimum atomic E-state index is 0.778. The molecule has 3 heteroatoms. The monoisotopic (exact) mass is 200 g/mol. The zero-order valence-corrected chi connectivity index (χ0v) is 8.47. The van der Waals surface area contributed by atoms with Crippen LogP contribution in [0.4, 0.5) is 5.82 Å². The molecule has 0 amide bonds. The molecule has 0 atom stereocenters. The Morgan fingerprint density at radius 3 is 2.60 bits per heavy atom. The van der Waals surface area contributed by atoms with E-state index in [9.17, 15) is 0 Å². The standard InChI is InChI=1S/C12H12N2O/c1-13-12-9-11(7-8-14-12)15-10-5-3-2-4-6-10/h2-9H,1H3,(H,13,14). The third kappa shape index (κ3) is 2.47. The van der Waals surface area contributed by atoms with Gasteiger partial charge >= 0.3 is 0 Å². The van der Waals surface area contributed by atoms with Crippen molar-refractivity contribution in [2.24, 2.45) is 0 Å². The Labute approximate surface area is 88.7 Å². The Kier molecular flexibility index (Phi) is 2.83. The molecule has 0 saturated heterocycles. The van der Waals surface area contributed by atoms with Crippen molar-refractivity contribution in [2.75, 3.05) is 12.4 Å². The summed E-state index contributed by atoms with van der Waals surface area (Å²) >= 11 is 0. The number of nitrogens with zero attached hydrogens (tertiary/aromatic N) is 1. The van der Waals surface area contributed by atoms with Crippen LogP contribution in [0.3, 0.4) is 0 Å². The van der Waals surface area contributed by atoms with Crippen molar-refractivity contribution in [2.45, 2.75) is 0 Å². The predicted octanol–water partition coefficient (Wildman–Crippen LogP) is 2.92. The van der Waals surface area contributed by atoms with Gasteiger partial charge < -0.3 is 10.1 Å². The molecule has 3 nitrogen and oxygen atoms in total. The summed E-state index contributed by atoms with van der Waals surface area (Å²) < 4.78 is 5.64. The van der Waals surface area contributed by atoms with E-state index in [2.05, 4.69) is 10.3 Å². The summed E-state index contributed by atoms with van der Waals surface area (Å²) in [5.41, 5.74) is 0. The summed E-state index contributed by atoms with van der Waals surface area (Å²) in [4.78, 5) is 4.11. The van der Waals surface area contributed by atoms with E-state index in [-0.39, 0.29) is 0 Å². The van der Waals surface area contributed by atoms with Gasteiger partial charge in [0.15, 0.2) is 0 Å². The summed E-state index contributed by atoms with van der Waals surface area (Å²) in [5.74, 6) is 2.40. The van der Waals surface area contributed by atoms with Crippen molar-refractivity contribution in [3.05, 3.63) is 48.7 Å². The first kappa shape index (κ1) is 9.52. The van der Waals surface area contributed by atoms with Crippen LogP contribution >= 0.6 is 0 Å². The molecule has 1 aromatic carbocycles. The summed E-state index contributed by atoms with van der Waals surface area (Å²) in [7, 11) is 1.83. The topological polar surface area (TPSA) is 34.1 Å². The number of rotatable bonds is 3. The van der Waals surface area contributed by atoms with Crippen LogP contribution in [0.5, 0.6) is 11.5 Å². The summed E-state index contributed by atoms with van der Waals surface area (Å²) in [6, 6.07) is 13.4. The second-order valence-electron chi connectivity index (χ2n) is 3.04. The lowest BCUT2D eigenvalue weighted by Crippen LogP contribution is -1.92. The molecule has 15 heavy (non-hydrogen) atoms. The number of hydrogen-bond acceptors (Lipinski definition) is 3. The van der Waals surface area contributed by atoms with Crippen molar-refractivity contribution in [3.8, 4) is 11.5 Å². The second-order valence-corrected chi connectivity index (χ2v) is 3.04. The molecule has 0 aliphatic carbocycles. The van der Waals surface area contributed by atoms with Crippen LogP contribution in [0.1, 0.15) is 0 Å². The Morgan fingerprint density at radius 2 is 1.87 bits per heavy atom. The number of nitrogens with one attached hydrogen (secondary N) is 1. The quantitative estimate of drug-likeness (QED) is 0.827. The van der Waals surface area contributed by atoms with Gasteiger partial charge in [-0.05, 0) is 18.2 Å². The molecule has 0 fully saturated rings. The van der Waals surface area contributed by atoms with E-state index in [1.54, 1.807) is 6.20 Å². The molecule has 0 bridgehead atoms. The zero-order valence-electron chi connectivity index (χ0n) is 8.47. The smallest absolute Gasteiger partial charge is 0.132 e. The van der Waals surface area contributed by atoms with E-state index in [4.69, 9.17) is 4.74 Å².